The number of rotatable bonds is 8. The Morgan fingerprint density at radius 2 is 2.03 bits per heavy atom. The van der Waals surface area contributed by atoms with E-state index in [-0.39, 0.29) is 17.2 Å². The summed E-state index contributed by atoms with van der Waals surface area (Å²) in [7, 11) is 0. The first-order valence-electron chi connectivity index (χ1n) is 9.89. The van der Waals surface area contributed by atoms with Gasteiger partial charge in [0.1, 0.15) is 16.8 Å². The van der Waals surface area contributed by atoms with Crippen molar-refractivity contribution in [1.82, 2.24) is 14.5 Å². The summed E-state index contributed by atoms with van der Waals surface area (Å²) in [6.45, 7) is 6.43. The lowest BCUT2D eigenvalue weighted by Crippen LogP contribution is -2.24. The molecule has 4 aromatic rings. The second-order valence-corrected chi connectivity index (χ2v) is 7.70. The molecule has 0 bridgehead atoms. The smallest absolute Gasteiger partial charge is 0.278 e. The van der Waals surface area contributed by atoms with Gasteiger partial charge in [-0.15, -0.1) is 6.58 Å². The molecule has 2 heterocycles. The Hall–Kier alpha value is -3.52. The van der Waals surface area contributed by atoms with E-state index in [2.05, 4.69) is 16.9 Å². The SMILES string of the molecule is C=CCn1c(SCC(=O)Nc2ccccc2OCC)nc2c([nH]c3ccccc32)c1=O. The van der Waals surface area contributed by atoms with Crippen molar-refractivity contribution in [3.8, 4) is 5.75 Å². The molecule has 0 unspecified atom stereocenters. The molecular formula is C23H22N4O3S. The van der Waals surface area contributed by atoms with Crippen LogP contribution in [0.2, 0.25) is 0 Å². The van der Waals surface area contributed by atoms with E-state index in [0.29, 0.717) is 40.8 Å². The third-order valence-electron chi connectivity index (χ3n) is 4.68. The predicted octanol–water partition coefficient (Wildman–Crippen LogP) is 4.19. The lowest BCUT2D eigenvalue weighted by Gasteiger charge is -2.12. The molecule has 0 radical (unpaired) electrons. The Bertz CT molecular complexity index is 1330. The molecule has 0 aliphatic heterocycles. The van der Waals surface area contributed by atoms with E-state index < -0.39 is 0 Å². The molecule has 0 spiro atoms. The van der Waals surface area contributed by atoms with E-state index in [1.807, 2.05) is 43.3 Å². The van der Waals surface area contributed by atoms with Crippen molar-refractivity contribution in [1.29, 1.82) is 0 Å². The summed E-state index contributed by atoms with van der Waals surface area (Å²) in [6.07, 6.45) is 1.64. The number of allylic oxidation sites excluding steroid dienone is 1. The van der Waals surface area contributed by atoms with Crippen molar-refractivity contribution in [3.05, 3.63) is 71.5 Å². The molecule has 4 rings (SSSR count). The van der Waals surface area contributed by atoms with E-state index in [9.17, 15) is 9.59 Å². The number of amides is 1. The molecule has 0 aliphatic carbocycles. The first-order chi connectivity index (χ1) is 15.1. The van der Waals surface area contributed by atoms with Crippen LogP contribution in [-0.4, -0.2) is 32.8 Å². The fourth-order valence-electron chi connectivity index (χ4n) is 3.34. The Morgan fingerprint density at radius 1 is 1.26 bits per heavy atom. The lowest BCUT2D eigenvalue weighted by atomic mass is 10.2. The van der Waals surface area contributed by atoms with Gasteiger partial charge in [0.2, 0.25) is 5.91 Å². The predicted molar refractivity (Wildman–Crippen MR) is 125 cm³/mol. The zero-order valence-corrected chi connectivity index (χ0v) is 17.9. The van der Waals surface area contributed by atoms with E-state index in [0.717, 1.165) is 10.9 Å². The van der Waals surface area contributed by atoms with Crippen LogP contribution < -0.4 is 15.6 Å². The van der Waals surface area contributed by atoms with Crippen molar-refractivity contribution < 1.29 is 9.53 Å². The van der Waals surface area contributed by atoms with Crippen molar-refractivity contribution in [2.24, 2.45) is 0 Å². The first-order valence-corrected chi connectivity index (χ1v) is 10.9. The highest BCUT2D eigenvalue weighted by Crippen LogP contribution is 2.26. The molecule has 2 N–H and O–H groups in total. The third-order valence-corrected chi connectivity index (χ3v) is 5.66. The number of aromatic nitrogens is 3. The van der Waals surface area contributed by atoms with Gasteiger partial charge in [0, 0.05) is 17.4 Å². The van der Waals surface area contributed by atoms with Gasteiger partial charge in [0.05, 0.1) is 18.0 Å². The number of H-pyrrole nitrogens is 1. The van der Waals surface area contributed by atoms with Crippen molar-refractivity contribution >= 4 is 45.3 Å². The molecular weight excluding hydrogens is 412 g/mol. The van der Waals surface area contributed by atoms with Crippen molar-refractivity contribution in [2.75, 3.05) is 17.7 Å². The Labute approximate surface area is 183 Å². The minimum atomic E-state index is -0.212. The Kier molecular flexibility index (Phi) is 6.08. The molecule has 31 heavy (non-hydrogen) atoms. The number of para-hydroxylation sites is 3. The van der Waals surface area contributed by atoms with Crippen LogP contribution in [0, 0.1) is 0 Å². The highest BCUT2D eigenvalue weighted by atomic mass is 32.2. The van der Waals surface area contributed by atoms with Gasteiger partial charge in [-0.1, -0.05) is 48.2 Å². The van der Waals surface area contributed by atoms with E-state index in [1.165, 1.54) is 16.3 Å². The van der Waals surface area contributed by atoms with Gasteiger partial charge in [0.15, 0.2) is 5.16 Å². The number of carbonyl (C=O) groups excluding carboxylic acids is 1. The van der Waals surface area contributed by atoms with Crippen molar-refractivity contribution in [3.63, 3.8) is 0 Å². The maximum Gasteiger partial charge on any atom is 0.278 e. The molecule has 2 aromatic heterocycles. The number of fused-ring (bicyclic) bond motifs is 3. The first kappa shape index (κ1) is 20.7. The number of carbonyl (C=O) groups is 1. The lowest BCUT2D eigenvalue weighted by molar-refractivity contribution is -0.113. The van der Waals surface area contributed by atoms with Crippen LogP contribution in [0.5, 0.6) is 5.75 Å². The quantitative estimate of drug-likeness (QED) is 0.247. The van der Waals surface area contributed by atoms with Crippen LogP contribution in [0.25, 0.3) is 21.9 Å². The molecule has 0 atom stereocenters. The summed E-state index contributed by atoms with van der Waals surface area (Å²) in [5.41, 5.74) is 2.32. The van der Waals surface area contributed by atoms with Crippen LogP contribution in [-0.2, 0) is 11.3 Å². The summed E-state index contributed by atoms with van der Waals surface area (Å²) < 4.78 is 7.08. The molecule has 0 aliphatic rings. The molecule has 2 aromatic carbocycles. The minimum Gasteiger partial charge on any atom is -0.492 e. The highest BCUT2D eigenvalue weighted by Gasteiger charge is 2.16. The molecule has 0 saturated heterocycles. The molecule has 7 nitrogen and oxygen atoms in total. The van der Waals surface area contributed by atoms with Gasteiger partial charge in [-0.3, -0.25) is 14.2 Å². The number of thioether (sulfide) groups is 1. The monoisotopic (exact) mass is 434 g/mol. The molecule has 1 amide bonds. The third kappa shape index (κ3) is 4.20. The number of nitrogens with one attached hydrogen (secondary N) is 2. The minimum absolute atomic E-state index is 0.0951. The van der Waals surface area contributed by atoms with Gasteiger partial charge >= 0.3 is 0 Å². The fraction of sp³-hybridized carbons (Fsp3) is 0.174. The number of benzene rings is 2. The van der Waals surface area contributed by atoms with Gasteiger partial charge < -0.3 is 15.0 Å². The van der Waals surface area contributed by atoms with Crippen LogP contribution >= 0.6 is 11.8 Å². The standard InChI is InChI=1S/C23H22N4O3S/c1-3-13-27-22(29)21-20(15-9-5-6-10-16(15)25-21)26-23(27)31-14-19(28)24-17-11-7-8-12-18(17)30-4-2/h3,5-12,25H,1,4,13-14H2,2H3,(H,24,28). The number of anilines is 1. The van der Waals surface area contributed by atoms with E-state index in [1.54, 1.807) is 18.2 Å². The number of ether oxygens (including phenoxy) is 1. The number of aromatic amines is 1. The molecule has 0 saturated carbocycles. The van der Waals surface area contributed by atoms with Gasteiger partial charge in [-0.05, 0) is 25.1 Å². The Morgan fingerprint density at radius 3 is 2.84 bits per heavy atom. The zero-order valence-electron chi connectivity index (χ0n) is 17.1. The van der Waals surface area contributed by atoms with E-state index >= 15 is 0 Å². The van der Waals surface area contributed by atoms with Crippen molar-refractivity contribution in [2.45, 2.75) is 18.6 Å². The number of hydrogen-bond acceptors (Lipinski definition) is 5. The van der Waals surface area contributed by atoms with Crippen LogP contribution in [0.3, 0.4) is 0 Å². The molecule has 0 fully saturated rings. The maximum absolute atomic E-state index is 13.1. The maximum atomic E-state index is 13.1. The summed E-state index contributed by atoms with van der Waals surface area (Å²) in [6, 6.07) is 14.9. The number of nitrogens with zero attached hydrogens (tertiary/aromatic N) is 2. The summed E-state index contributed by atoms with van der Waals surface area (Å²) in [4.78, 5) is 33.5. The average Bonchev–Trinajstić information content (AvgIpc) is 3.15. The molecule has 158 valence electrons. The molecule has 8 heteroatoms. The zero-order chi connectivity index (χ0) is 21.8. The van der Waals surface area contributed by atoms with Gasteiger partial charge in [0.25, 0.3) is 5.56 Å². The summed E-state index contributed by atoms with van der Waals surface area (Å²) >= 11 is 1.21. The van der Waals surface area contributed by atoms with Crippen LogP contribution in [0.15, 0.2) is 71.1 Å². The highest BCUT2D eigenvalue weighted by molar-refractivity contribution is 7.99. The average molecular weight is 435 g/mol. The summed E-state index contributed by atoms with van der Waals surface area (Å²) in [5, 5.41) is 4.21. The van der Waals surface area contributed by atoms with Gasteiger partial charge in [-0.25, -0.2) is 4.98 Å². The number of hydrogen-bond donors (Lipinski definition) is 2. The largest absolute Gasteiger partial charge is 0.492 e. The van der Waals surface area contributed by atoms with E-state index in [4.69, 9.17) is 9.72 Å². The Balaban J connectivity index is 1.62. The second kappa shape index (κ2) is 9.09. The topological polar surface area (TPSA) is 89.0 Å². The van der Waals surface area contributed by atoms with Crippen LogP contribution in [0.1, 0.15) is 6.92 Å². The van der Waals surface area contributed by atoms with Gasteiger partial charge in [-0.2, -0.15) is 0 Å². The normalized spacial score (nSPS) is 11.0. The second-order valence-electron chi connectivity index (χ2n) is 6.76. The van der Waals surface area contributed by atoms with Crippen LogP contribution in [0.4, 0.5) is 5.69 Å². The summed E-state index contributed by atoms with van der Waals surface area (Å²) in [5.74, 6) is 0.499. The fourth-order valence-corrected chi connectivity index (χ4v) is 4.15.